The highest BCUT2D eigenvalue weighted by Gasteiger charge is 2.24. The zero-order valence-electron chi connectivity index (χ0n) is 18.1. The third kappa shape index (κ3) is 6.18. The third-order valence-corrected chi connectivity index (χ3v) is 7.49. The van der Waals surface area contributed by atoms with Gasteiger partial charge in [-0.1, -0.05) is 6.07 Å². The number of hydrogen-bond donors (Lipinski definition) is 2. The number of anilines is 2. The Balaban J connectivity index is 2.09. The molecular formula is C20H27N3O6S2. The van der Waals surface area contributed by atoms with E-state index in [0.29, 0.717) is 28.3 Å². The Bertz CT molecular complexity index is 1160. The van der Waals surface area contributed by atoms with E-state index in [-0.39, 0.29) is 23.8 Å². The smallest absolute Gasteiger partial charge is 0.240 e. The van der Waals surface area contributed by atoms with Gasteiger partial charge in [-0.25, -0.2) is 21.6 Å². The molecule has 1 amide bonds. The van der Waals surface area contributed by atoms with Gasteiger partial charge in [0.05, 0.1) is 23.9 Å². The lowest BCUT2D eigenvalue weighted by molar-refractivity contribution is -0.116. The van der Waals surface area contributed by atoms with Crippen LogP contribution in [0, 0.1) is 13.8 Å². The molecule has 2 aromatic rings. The fourth-order valence-corrected chi connectivity index (χ4v) is 4.92. The van der Waals surface area contributed by atoms with E-state index in [1.807, 2.05) is 0 Å². The van der Waals surface area contributed by atoms with Crippen molar-refractivity contribution in [1.29, 1.82) is 0 Å². The van der Waals surface area contributed by atoms with Crippen LogP contribution in [0.5, 0.6) is 5.75 Å². The molecule has 11 heteroatoms. The highest BCUT2D eigenvalue weighted by atomic mass is 32.2. The normalized spacial score (nSPS) is 11.8. The molecule has 0 radical (unpaired) electrons. The Morgan fingerprint density at radius 2 is 1.65 bits per heavy atom. The van der Waals surface area contributed by atoms with Gasteiger partial charge < -0.3 is 10.1 Å². The third-order valence-electron chi connectivity index (χ3n) is 4.70. The molecule has 0 aliphatic rings. The first-order valence-electron chi connectivity index (χ1n) is 9.34. The van der Waals surface area contributed by atoms with Crippen LogP contribution in [-0.2, 0) is 24.8 Å². The molecule has 9 nitrogen and oxygen atoms in total. The fourth-order valence-electron chi connectivity index (χ4n) is 3.03. The van der Waals surface area contributed by atoms with Crippen LogP contribution < -0.4 is 19.1 Å². The van der Waals surface area contributed by atoms with Crippen LogP contribution in [0.25, 0.3) is 0 Å². The van der Waals surface area contributed by atoms with Gasteiger partial charge in [0.25, 0.3) is 0 Å². The number of amides is 1. The lowest BCUT2D eigenvalue weighted by Crippen LogP contribution is -2.30. The number of nitrogens with one attached hydrogen (secondary N) is 2. The summed E-state index contributed by atoms with van der Waals surface area (Å²) in [6.45, 7) is 3.14. The summed E-state index contributed by atoms with van der Waals surface area (Å²) in [5.74, 6) is 0.297. The van der Waals surface area contributed by atoms with Crippen molar-refractivity contribution in [2.75, 3.05) is 36.6 Å². The Morgan fingerprint density at radius 3 is 2.19 bits per heavy atom. The van der Waals surface area contributed by atoms with Gasteiger partial charge in [0, 0.05) is 25.7 Å². The summed E-state index contributed by atoms with van der Waals surface area (Å²) in [5, 5.41) is 2.68. The second-order valence-corrected chi connectivity index (χ2v) is 10.8. The molecule has 0 atom stereocenters. The minimum atomic E-state index is -3.95. The van der Waals surface area contributed by atoms with Crippen LogP contribution in [0.3, 0.4) is 0 Å². The second-order valence-electron chi connectivity index (χ2n) is 7.01. The van der Waals surface area contributed by atoms with Crippen molar-refractivity contribution < 1.29 is 26.4 Å². The maximum Gasteiger partial charge on any atom is 0.240 e. The highest BCUT2D eigenvalue weighted by molar-refractivity contribution is 7.92. The van der Waals surface area contributed by atoms with E-state index in [4.69, 9.17) is 4.74 Å². The van der Waals surface area contributed by atoms with Crippen LogP contribution in [0.15, 0.2) is 41.3 Å². The number of methoxy groups -OCH3 is 1. The SMILES string of the molecule is COc1ccc(NC(=O)CCNS(=O)(=O)c2ccc(C)c(N(C)S(C)(=O)=O)c2C)cc1. The molecular weight excluding hydrogens is 442 g/mol. The average molecular weight is 470 g/mol. The molecule has 0 bridgehead atoms. The molecule has 0 saturated carbocycles. The fraction of sp³-hybridized carbons (Fsp3) is 0.350. The molecule has 31 heavy (non-hydrogen) atoms. The van der Waals surface area contributed by atoms with Gasteiger partial charge in [-0.15, -0.1) is 0 Å². The molecule has 170 valence electrons. The summed E-state index contributed by atoms with van der Waals surface area (Å²) in [6.07, 6.45) is 0.971. The summed E-state index contributed by atoms with van der Waals surface area (Å²) in [6, 6.07) is 9.72. The van der Waals surface area contributed by atoms with Crippen LogP contribution in [-0.4, -0.2) is 49.7 Å². The summed E-state index contributed by atoms with van der Waals surface area (Å²) in [5.41, 5.74) is 1.81. The predicted molar refractivity (Wildman–Crippen MR) is 121 cm³/mol. The van der Waals surface area contributed by atoms with Crippen LogP contribution in [0.1, 0.15) is 17.5 Å². The first kappa shape index (κ1) is 24.6. The molecule has 0 aliphatic carbocycles. The number of carbonyl (C=O) groups excluding carboxylic acids is 1. The molecule has 0 heterocycles. The standard InChI is InChI=1S/C20H27N3O6S2/c1-14-6-11-18(15(2)20(14)23(3)30(5,25)26)31(27,28)21-13-12-19(24)22-16-7-9-17(29-4)10-8-16/h6-11,21H,12-13H2,1-5H3,(H,22,24). The number of aryl methyl sites for hydroxylation is 1. The van der Waals surface area contributed by atoms with Crippen molar-refractivity contribution in [3.63, 3.8) is 0 Å². The molecule has 0 spiro atoms. The van der Waals surface area contributed by atoms with Crippen molar-refractivity contribution in [2.45, 2.75) is 25.2 Å². The zero-order chi connectivity index (χ0) is 23.4. The van der Waals surface area contributed by atoms with E-state index in [1.165, 1.54) is 20.2 Å². The maximum absolute atomic E-state index is 12.8. The molecule has 0 aromatic heterocycles. The van der Waals surface area contributed by atoms with Gasteiger partial charge in [-0.05, 0) is 55.3 Å². The number of rotatable bonds is 9. The second kappa shape index (κ2) is 9.67. The quantitative estimate of drug-likeness (QED) is 0.579. The number of benzene rings is 2. The van der Waals surface area contributed by atoms with E-state index in [1.54, 1.807) is 44.2 Å². The van der Waals surface area contributed by atoms with Crippen LogP contribution >= 0.6 is 0 Å². The monoisotopic (exact) mass is 469 g/mol. The summed E-state index contributed by atoms with van der Waals surface area (Å²) in [7, 11) is -4.61. The van der Waals surface area contributed by atoms with Gasteiger partial charge in [0.2, 0.25) is 26.0 Å². The largest absolute Gasteiger partial charge is 0.497 e. The van der Waals surface area contributed by atoms with E-state index in [0.717, 1.165) is 10.6 Å². The Labute approximate surface area is 183 Å². The Morgan fingerprint density at radius 1 is 1.03 bits per heavy atom. The first-order valence-corrected chi connectivity index (χ1v) is 12.7. The molecule has 0 saturated heterocycles. The molecule has 0 aliphatic heterocycles. The van der Waals surface area contributed by atoms with E-state index >= 15 is 0 Å². The van der Waals surface area contributed by atoms with Crippen LogP contribution in [0.4, 0.5) is 11.4 Å². The maximum atomic E-state index is 12.8. The molecule has 2 aromatic carbocycles. The lowest BCUT2D eigenvalue weighted by atomic mass is 10.1. The van der Waals surface area contributed by atoms with Crippen molar-refractivity contribution >= 4 is 37.3 Å². The van der Waals surface area contributed by atoms with Gasteiger partial charge in [0.1, 0.15) is 5.75 Å². The number of carbonyl (C=O) groups is 1. The minimum absolute atomic E-state index is 0.0424. The van der Waals surface area contributed by atoms with Gasteiger partial charge in [-0.3, -0.25) is 9.10 Å². The minimum Gasteiger partial charge on any atom is -0.497 e. The lowest BCUT2D eigenvalue weighted by Gasteiger charge is -2.23. The topological polar surface area (TPSA) is 122 Å². The summed E-state index contributed by atoms with van der Waals surface area (Å²) in [4.78, 5) is 12.1. The molecule has 2 rings (SSSR count). The van der Waals surface area contributed by atoms with Crippen molar-refractivity contribution in [2.24, 2.45) is 0 Å². The highest BCUT2D eigenvalue weighted by Crippen LogP contribution is 2.30. The van der Waals surface area contributed by atoms with Crippen molar-refractivity contribution in [3.8, 4) is 5.75 Å². The number of sulfonamides is 2. The first-order chi connectivity index (χ1) is 14.4. The zero-order valence-corrected chi connectivity index (χ0v) is 19.7. The predicted octanol–water partition coefficient (Wildman–Crippen LogP) is 2.01. The molecule has 0 fully saturated rings. The number of ether oxygens (including phenoxy) is 1. The van der Waals surface area contributed by atoms with Gasteiger partial charge in [0.15, 0.2) is 0 Å². The van der Waals surface area contributed by atoms with E-state index in [2.05, 4.69) is 10.0 Å². The number of hydrogen-bond acceptors (Lipinski definition) is 6. The van der Waals surface area contributed by atoms with Crippen molar-refractivity contribution in [3.05, 3.63) is 47.5 Å². The Hall–Kier alpha value is -2.63. The van der Waals surface area contributed by atoms with E-state index < -0.39 is 20.0 Å². The van der Waals surface area contributed by atoms with Gasteiger partial charge in [-0.2, -0.15) is 0 Å². The van der Waals surface area contributed by atoms with E-state index in [9.17, 15) is 21.6 Å². The summed E-state index contributed by atoms with van der Waals surface area (Å²) >= 11 is 0. The summed E-state index contributed by atoms with van der Waals surface area (Å²) < 4.78 is 57.9. The van der Waals surface area contributed by atoms with Crippen LogP contribution in [0.2, 0.25) is 0 Å². The average Bonchev–Trinajstić information content (AvgIpc) is 2.67. The Kier molecular flexibility index (Phi) is 7.68. The van der Waals surface area contributed by atoms with Gasteiger partial charge >= 0.3 is 0 Å². The van der Waals surface area contributed by atoms with Crippen molar-refractivity contribution in [1.82, 2.24) is 4.72 Å². The molecule has 0 unspecified atom stereocenters. The number of nitrogens with zero attached hydrogens (tertiary/aromatic N) is 1. The molecule has 2 N–H and O–H groups in total.